The molecule has 14 aliphatic rings. The molecule has 0 saturated carbocycles. The Morgan fingerprint density at radius 1 is 0.180 bits per heavy atom. The molecule has 1 aromatic heterocycles. The summed E-state index contributed by atoms with van der Waals surface area (Å²) < 4.78 is 2.01. The zero-order chi connectivity index (χ0) is 88.5. The van der Waals surface area contributed by atoms with Crippen molar-refractivity contribution >= 4 is 0 Å². The van der Waals surface area contributed by atoms with Crippen LogP contribution in [0.5, 0.6) is 0 Å². The van der Waals surface area contributed by atoms with Crippen LogP contribution in [0.1, 0.15) is 297 Å². The lowest BCUT2D eigenvalue weighted by atomic mass is 10.1. The Morgan fingerprint density at radius 3 is 0.549 bits per heavy atom. The second kappa shape index (κ2) is 88.7. The molecule has 0 unspecified atom stereocenters. The molecule has 15 heterocycles. The smallest absolute Gasteiger partial charge is 0.0945 e. The molecule has 0 bridgehead atoms. The van der Waals surface area contributed by atoms with Crippen molar-refractivity contribution in [2.24, 2.45) is 0 Å². The Hall–Kier alpha value is -1.51. The van der Waals surface area contributed by atoms with Crippen LogP contribution in [-0.4, -0.2) is 441 Å². The fourth-order valence-electron chi connectivity index (χ4n) is 17.1. The third-order valence-corrected chi connectivity index (χ3v) is 27.2. The minimum Gasteiger partial charge on any atom is -0.338 e. The van der Waals surface area contributed by atoms with E-state index in [1.165, 1.54) is 513 Å². The lowest BCUT2D eigenvalue weighted by Gasteiger charge is -2.31. The Labute approximate surface area is 765 Å². The standard InChI is InChI=1S/C8H18N2.3C8H17N.3C7H16N2.4C7H15N.C6H13N.C5H8N2.C5H11N.C4H9N.CH4/c1-3-10-6-4-5-9(2)7-8-10;3*1-2-9-7-5-3-4-6-8-9;2*1-3-9-6-4-8(2)5-7-9;1-2-9-6-3-4-8-5-7-9;4*1-2-8-6-4-3-5-7-8;1-2-7-5-3-4-6-7;1-2-7-4-3-6-5-7;1-2-6-4-3-5-6;1-2-5-3-4-5;/h3-8H2,1-2H3;3*2-8H2,1H3;2*3-7H2,1-2H3;8H,2-7H2,1H3;4*2-7H2,1H3;2-6H2,1H3;3-5H,2H2,1H3;2-5H2,1H3;2-4H2,1H3;1H4. The van der Waals surface area contributed by atoms with Gasteiger partial charge in [0.1, 0.15) is 0 Å². The minimum atomic E-state index is 0. The lowest BCUT2D eigenvalue weighted by molar-refractivity contribution is 0.160. The monoisotopic (exact) mass is 1730 g/mol. The number of likely N-dealkylation sites (tertiary alicyclic amines) is 9. The van der Waals surface area contributed by atoms with Crippen LogP contribution < -0.4 is 5.32 Å². The maximum atomic E-state index is 3.86. The molecule has 14 fully saturated rings. The third kappa shape index (κ3) is 72.2. The normalized spacial score (nSPS) is 22.8. The molecular formula is C102H222N20. The van der Waals surface area contributed by atoms with Gasteiger partial charge >= 0.3 is 0 Å². The van der Waals surface area contributed by atoms with Crippen LogP contribution in [0.4, 0.5) is 0 Å². The van der Waals surface area contributed by atoms with Gasteiger partial charge in [-0.2, -0.15) is 0 Å². The van der Waals surface area contributed by atoms with Crippen molar-refractivity contribution in [1.82, 2.24) is 98.2 Å². The van der Waals surface area contributed by atoms with Gasteiger partial charge in [-0.1, -0.05) is 169 Å². The highest BCUT2D eigenvalue weighted by atomic mass is 15.3. The average molecular weight is 1730 g/mol. The number of aromatic nitrogens is 2. The number of rotatable bonds is 15. The highest BCUT2D eigenvalue weighted by Crippen LogP contribution is 2.14. The van der Waals surface area contributed by atoms with Crippen LogP contribution in [0.15, 0.2) is 18.7 Å². The Kier molecular flexibility index (Phi) is 87.6. The van der Waals surface area contributed by atoms with Crippen LogP contribution in [0.2, 0.25) is 0 Å². The molecule has 730 valence electrons. The number of hydrogen-bond donors (Lipinski definition) is 1. The summed E-state index contributed by atoms with van der Waals surface area (Å²) in [7, 11) is 6.58. The van der Waals surface area contributed by atoms with E-state index in [1.54, 1.807) is 12.5 Å². The van der Waals surface area contributed by atoms with Crippen molar-refractivity contribution in [3.63, 3.8) is 0 Å². The first-order valence-electron chi connectivity index (χ1n) is 53.0. The van der Waals surface area contributed by atoms with Crippen LogP contribution in [0.3, 0.4) is 0 Å². The molecule has 0 aliphatic carbocycles. The number of nitrogens with zero attached hydrogens (tertiary/aromatic N) is 19. The molecule has 1 aromatic rings. The molecule has 20 heteroatoms. The quantitative estimate of drug-likeness (QED) is 0.169. The molecule has 20 nitrogen and oxygen atoms in total. The zero-order valence-corrected chi connectivity index (χ0v) is 85.3. The number of aryl methyl sites for hydroxylation is 1. The van der Waals surface area contributed by atoms with Gasteiger partial charge in [0, 0.05) is 111 Å². The lowest BCUT2D eigenvalue weighted by Crippen LogP contribution is -2.44. The van der Waals surface area contributed by atoms with Crippen LogP contribution in [-0.2, 0) is 6.54 Å². The van der Waals surface area contributed by atoms with Gasteiger partial charge < -0.3 is 93.2 Å². The van der Waals surface area contributed by atoms with E-state index in [2.05, 4.69) is 219 Å². The topological polar surface area (TPSA) is 84.7 Å². The second-order valence-corrected chi connectivity index (χ2v) is 36.4. The van der Waals surface area contributed by atoms with Gasteiger partial charge in [0.15, 0.2) is 0 Å². The van der Waals surface area contributed by atoms with E-state index in [1.807, 2.05) is 10.8 Å². The number of likely N-dealkylation sites (N-methyl/N-ethyl adjacent to an activating group) is 8. The van der Waals surface area contributed by atoms with Crippen molar-refractivity contribution in [2.45, 2.75) is 304 Å². The Balaban J connectivity index is 0.00000129. The Morgan fingerprint density at radius 2 is 0.352 bits per heavy atom. The molecule has 0 amide bonds. The number of piperidine rings is 4. The highest BCUT2D eigenvalue weighted by Gasteiger charge is 2.17. The second-order valence-electron chi connectivity index (χ2n) is 36.4. The van der Waals surface area contributed by atoms with Crippen molar-refractivity contribution in [2.75, 3.05) is 348 Å². The maximum Gasteiger partial charge on any atom is 0.0945 e. The number of nitrogens with one attached hydrogen (secondary N) is 1. The molecule has 15 rings (SSSR count). The van der Waals surface area contributed by atoms with Crippen LogP contribution in [0.25, 0.3) is 0 Å². The van der Waals surface area contributed by atoms with Gasteiger partial charge in [-0.15, -0.1) is 0 Å². The van der Waals surface area contributed by atoms with Crippen molar-refractivity contribution < 1.29 is 0 Å². The minimum absolute atomic E-state index is 0. The summed E-state index contributed by atoms with van der Waals surface area (Å²) in [5, 5.41) is 3.37. The summed E-state index contributed by atoms with van der Waals surface area (Å²) in [6, 6.07) is 0. The molecule has 0 atom stereocenters. The van der Waals surface area contributed by atoms with Crippen molar-refractivity contribution in [3.8, 4) is 0 Å². The van der Waals surface area contributed by atoms with E-state index in [-0.39, 0.29) is 7.43 Å². The van der Waals surface area contributed by atoms with Gasteiger partial charge in [-0.3, -0.25) is 0 Å². The first kappa shape index (κ1) is 120. The predicted molar refractivity (Wildman–Crippen MR) is 543 cm³/mol. The molecule has 14 saturated heterocycles. The largest absolute Gasteiger partial charge is 0.338 e. The van der Waals surface area contributed by atoms with Gasteiger partial charge in [-0.05, 0) is 386 Å². The zero-order valence-electron chi connectivity index (χ0n) is 85.3. The summed E-state index contributed by atoms with van der Waals surface area (Å²) >= 11 is 0. The number of piperazine rings is 2. The van der Waals surface area contributed by atoms with Gasteiger partial charge in [0.2, 0.25) is 0 Å². The molecule has 14 aliphatic heterocycles. The van der Waals surface area contributed by atoms with E-state index in [9.17, 15) is 0 Å². The van der Waals surface area contributed by atoms with Crippen LogP contribution in [0, 0.1) is 0 Å². The van der Waals surface area contributed by atoms with Crippen molar-refractivity contribution in [1.29, 1.82) is 0 Å². The van der Waals surface area contributed by atoms with Crippen molar-refractivity contribution in [3.05, 3.63) is 18.7 Å². The predicted octanol–water partition coefficient (Wildman–Crippen LogP) is 16.7. The first-order chi connectivity index (χ1) is 59.2. The molecule has 122 heavy (non-hydrogen) atoms. The summed E-state index contributed by atoms with van der Waals surface area (Å²) in [6.45, 7) is 98.6. The summed E-state index contributed by atoms with van der Waals surface area (Å²) in [5.41, 5.74) is 0. The van der Waals surface area contributed by atoms with Gasteiger partial charge in [0.05, 0.1) is 6.33 Å². The fraction of sp³-hybridized carbons (Fsp3) is 0.971. The molecule has 0 aromatic carbocycles. The number of imidazole rings is 1. The highest BCUT2D eigenvalue weighted by molar-refractivity contribution is 4.75. The third-order valence-electron chi connectivity index (χ3n) is 27.2. The fourth-order valence-corrected chi connectivity index (χ4v) is 17.1. The van der Waals surface area contributed by atoms with E-state index < -0.39 is 0 Å². The maximum absolute atomic E-state index is 3.86. The molecule has 1 N–H and O–H groups in total. The van der Waals surface area contributed by atoms with E-state index in [4.69, 9.17) is 0 Å². The van der Waals surface area contributed by atoms with E-state index in [0.717, 1.165) is 6.54 Å². The summed E-state index contributed by atoms with van der Waals surface area (Å²) in [4.78, 5) is 46.0. The summed E-state index contributed by atoms with van der Waals surface area (Å²) in [5.74, 6) is 0. The molecule has 0 spiro atoms. The number of hydrogen-bond acceptors (Lipinski definition) is 19. The van der Waals surface area contributed by atoms with Gasteiger partial charge in [0.25, 0.3) is 0 Å². The molecule has 0 radical (unpaired) electrons. The van der Waals surface area contributed by atoms with Crippen LogP contribution >= 0.6 is 0 Å². The van der Waals surface area contributed by atoms with E-state index in [0.29, 0.717) is 0 Å². The Bertz CT molecular complexity index is 1930. The first-order valence-corrected chi connectivity index (χ1v) is 53.0. The average Bonchev–Trinajstić information content (AvgIpc) is 1.78. The SMILES string of the molecule is C.CCN1CC1.CCN1CCC1.CCN1CCCC1.CCN1CCCCC1.CCN1CCCCC1.CCN1CCCCC1.CCN1CCCCC1.CCN1CCCCCC1.CCN1CCCCCC1.CCN1CCCCCC1.CCN1CCCN(C)CC1.CCN1CCCNCC1.CCN1CCN(C)CC1.CCN1CCN(C)CC1.CCn1ccnc1. The van der Waals surface area contributed by atoms with Gasteiger partial charge in [-0.25, -0.2) is 4.98 Å². The summed E-state index contributed by atoms with van der Waals surface area (Å²) in [6.07, 6.45) is 46.9. The molecular weight excluding hydrogens is 1510 g/mol. The van der Waals surface area contributed by atoms with E-state index >= 15 is 0 Å².